The molecule has 1 atom stereocenters. The molecule has 0 aromatic heterocycles. The second kappa shape index (κ2) is 8.62. The number of carbonyl (C=O) groups excluding carboxylic acids is 2. The van der Waals surface area contributed by atoms with Crippen molar-refractivity contribution in [2.45, 2.75) is 17.9 Å². The molecule has 0 bridgehead atoms. The van der Waals surface area contributed by atoms with E-state index in [1.807, 2.05) is 0 Å². The number of urea groups is 1. The van der Waals surface area contributed by atoms with E-state index in [1.165, 1.54) is 12.1 Å². The van der Waals surface area contributed by atoms with Gasteiger partial charge in [0.15, 0.2) is 9.84 Å². The summed E-state index contributed by atoms with van der Waals surface area (Å²) < 4.78 is 57.1. The predicted molar refractivity (Wildman–Crippen MR) is 103 cm³/mol. The van der Waals surface area contributed by atoms with Gasteiger partial charge in [0.05, 0.1) is 28.9 Å². The molecule has 3 rings (SSSR count). The summed E-state index contributed by atoms with van der Waals surface area (Å²) in [4.78, 5) is 24.7. The highest BCUT2D eigenvalue weighted by atomic mass is 32.2. The summed E-state index contributed by atoms with van der Waals surface area (Å²) in [6.45, 7) is 1.60. The summed E-state index contributed by atoms with van der Waals surface area (Å²) in [7, 11) is -4.03. The Morgan fingerprint density at radius 3 is 2.17 bits per heavy atom. The number of nitrogens with one attached hydrogen (secondary N) is 2. The van der Waals surface area contributed by atoms with Crippen LogP contribution in [0.2, 0.25) is 0 Å². The van der Waals surface area contributed by atoms with Crippen molar-refractivity contribution in [2.24, 2.45) is 0 Å². The van der Waals surface area contributed by atoms with Crippen LogP contribution in [0.5, 0.6) is 0 Å². The van der Waals surface area contributed by atoms with Gasteiger partial charge in [0.25, 0.3) is 0 Å². The molecule has 1 unspecified atom stereocenters. The van der Waals surface area contributed by atoms with Gasteiger partial charge in [-0.2, -0.15) is 0 Å². The summed E-state index contributed by atoms with van der Waals surface area (Å²) in [6, 6.07) is 7.45. The van der Waals surface area contributed by atoms with Gasteiger partial charge in [-0.3, -0.25) is 0 Å². The van der Waals surface area contributed by atoms with E-state index in [9.17, 15) is 26.8 Å². The Hall–Kier alpha value is -3.27. The van der Waals surface area contributed by atoms with Crippen LogP contribution in [-0.2, 0) is 19.4 Å². The summed E-state index contributed by atoms with van der Waals surface area (Å²) in [5, 5.41) is 4.88. The van der Waals surface area contributed by atoms with Gasteiger partial charge in [0.2, 0.25) is 0 Å². The van der Waals surface area contributed by atoms with E-state index in [1.54, 1.807) is 6.92 Å². The van der Waals surface area contributed by atoms with Crippen molar-refractivity contribution in [3.05, 3.63) is 77.0 Å². The molecule has 0 radical (unpaired) electrons. The Kier molecular flexibility index (Phi) is 6.16. The number of sulfone groups is 1. The zero-order valence-electron chi connectivity index (χ0n) is 15.8. The fraction of sp³-hybridized carbons (Fsp3) is 0.200. The highest BCUT2D eigenvalue weighted by Gasteiger charge is 2.35. The van der Waals surface area contributed by atoms with Crippen LogP contribution >= 0.6 is 0 Å². The fourth-order valence-corrected chi connectivity index (χ4v) is 4.33. The summed E-state index contributed by atoms with van der Waals surface area (Å²) in [5.74, 6) is -2.67. The molecule has 2 amide bonds. The highest BCUT2D eigenvalue weighted by Crippen LogP contribution is 2.29. The molecule has 30 heavy (non-hydrogen) atoms. The van der Waals surface area contributed by atoms with E-state index in [2.05, 4.69) is 10.6 Å². The molecule has 2 N–H and O–H groups in total. The molecular formula is C20H18F2N2O5S. The Balaban J connectivity index is 2.08. The van der Waals surface area contributed by atoms with Crippen LogP contribution in [0.25, 0.3) is 0 Å². The molecule has 1 aliphatic heterocycles. The van der Waals surface area contributed by atoms with Gasteiger partial charge in [0.1, 0.15) is 11.6 Å². The smallest absolute Gasteiger partial charge is 0.338 e. The van der Waals surface area contributed by atoms with Crippen molar-refractivity contribution in [1.29, 1.82) is 0 Å². The molecule has 2 aromatic carbocycles. The minimum Gasteiger partial charge on any atom is -0.463 e. The Bertz CT molecular complexity index is 1100. The summed E-state index contributed by atoms with van der Waals surface area (Å²) in [5.41, 5.74) is 0.0792. The van der Waals surface area contributed by atoms with Gasteiger partial charge < -0.3 is 15.4 Å². The lowest BCUT2D eigenvalue weighted by molar-refractivity contribution is -0.139. The molecule has 0 spiro atoms. The number of hydrogen-bond acceptors (Lipinski definition) is 5. The van der Waals surface area contributed by atoms with Gasteiger partial charge >= 0.3 is 12.0 Å². The first-order valence-electron chi connectivity index (χ1n) is 8.92. The second-order valence-corrected chi connectivity index (χ2v) is 8.40. The molecule has 0 saturated carbocycles. The molecular weight excluding hydrogens is 418 g/mol. The first kappa shape index (κ1) is 21.4. The third-order valence-corrected chi connectivity index (χ3v) is 6.02. The zero-order valence-corrected chi connectivity index (χ0v) is 16.6. The van der Waals surface area contributed by atoms with Crippen molar-refractivity contribution < 1.29 is 31.5 Å². The zero-order chi connectivity index (χ0) is 21.9. The van der Waals surface area contributed by atoms with Crippen LogP contribution < -0.4 is 10.6 Å². The van der Waals surface area contributed by atoms with Crippen LogP contribution in [0.15, 0.2) is 64.7 Å². The number of carbonyl (C=O) groups is 2. The minimum absolute atomic E-state index is 0.0183. The van der Waals surface area contributed by atoms with Crippen molar-refractivity contribution in [3.63, 3.8) is 0 Å². The first-order valence-corrected chi connectivity index (χ1v) is 10.6. The molecule has 10 heteroatoms. The van der Waals surface area contributed by atoms with Gasteiger partial charge in [-0.15, -0.1) is 0 Å². The van der Waals surface area contributed by atoms with Crippen LogP contribution in [0, 0.1) is 11.6 Å². The standard InChI is InChI=1S/C20H18F2N2O5S/c1-2-29-19(25)17-16(11-30(27,28)15-9-7-14(22)8-10-15)23-20(26)24-18(17)12-3-5-13(21)6-4-12/h3-10,18H,2,11H2,1H3,(H2,23,24,26). The van der Waals surface area contributed by atoms with Crippen molar-refractivity contribution >= 4 is 21.8 Å². The van der Waals surface area contributed by atoms with Crippen molar-refractivity contribution in [1.82, 2.24) is 10.6 Å². The molecule has 0 aliphatic carbocycles. The quantitative estimate of drug-likeness (QED) is 0.536. The van der Waals surface area contributed by atoms with Crippen LogP contribution in [0.4, 0.5) is 13.6 Å². The van der Waals surface area contributed by atoms with Crippen LogP contribution in [0.3, 0.4) is 0 Å². The van der Waals surface area contributed by atoms with E-state index < -0.39 is 45.3 Å². The van der Waals surface area contributed by atoms with Gasteiger partial charge in [0, 0.05) is 5.70 Å². The number of hydrogen-bond donors (Lipinski definition) is 2. The number of rotatable bonds is 6. The number of benzene rings is 2. The lowest BCUT2D eigenvalue weighted by Crippen LogP contribution is -2.47. The SMILES string of the molecule is CCOC(=O)C1=C(CS(=O)(=O)c2ccc(F)cc2)NC(=O)NC1c1ccc(F)cc1. The number of ether oxygens (including phenoxy) is 1. The summed E-state index contributed by atoms with van der Waals surface area (Å²) >= 11 is 0. The summed E-state index contributed by atoms with van der Waals surface area (Å²) in [6.07, 6.45) is 0. The average Bonchev–Trinajstić information content (AvgIpc) is 2.68. The van der Waals surface area contributed by atoms with E-state index in [4.69, 9.17) is 4.74 Å². The molecule has 1 aliphatic rings. The predicted octanol–water partition coefficient (Wildman–Crippen LogP) is 2.61. The monoisotopic (exact) mass is 436 g/mol. The fourth-order valence-electron chi connectivity index (χ4n) is 3.00. The maximum absolute atomic E-state index is 13.3. The average molecular weight is 436 g/mol. The Morgan fingerprint density at radius 2 is 1.60 bits per heavy atom. The molecule has 158 valence electrons. The third-order valence-electron chi connectivity index (χ3n) is 4.36. The second-order valence-electron chi connectivity index (χ2n) is 6.41. The normalized spacial score (nSPS) is 16.6. The number of halogens is 2. The van der Waals surface area contributed by atoms with Crippen LogP contribution in [0.1, 0.15) is 18.5 Å². The molecule has 1 heterocycles. The van der Waals surface area contributed by atoms with E-state index in [-0.39, 0.29) is 22.8 Å². The number of esters is 1. The van der Waals surface area contributed by atoms with Crippen LogP contribution in [-0.4, -0.2) is 32.8 Å². The lowest BCUT2D eigenvalue weighted by Gasteiger charge is -2.29. The van der Waals surface area contributed by atoms with E-state index in [0.29, 0.717) is 5.56 Å². The maximum atomic E-state index is 13.3. The van der Waals surface area contributed by atoms with E-state index in [0.717, 1.165) is 36.4 Å². The lowest BCUT2D eigenvalue weighted by atomic mass is 9.95. The molecule has 2 aromatic rings. The van der Waals surface area contributed by atoms with Gasteiger partial charge in [-0.05, 0) is 48.9 Å². The van der Waals surface area contributed by atoms with E-state index >= 15 is 0 Å². The Morgan fingerprint density at radius 1 is 1.03 bits per heavy atom. The molecule has 7 nitrogen and oxygen atoms in total. The topological polar surface area (TPSA) is 102 Å². The van der Waals surface area contributed by atoms with Gasteiger partial charge in [-0.25, -0.2) is 26.8 Å². The highest BCUT2D eigenvalue weighted by molar-refractivity contribution is 7.91. The maximum Gasteiger partial charge on any atom is 0.338 e. The third kappa shape index (κ3) is 4.65. The minimum atomic E-state index is -4.03. The van der Waals surface area contributed by atoms with Crippen molar-refractivity contribution in [3.8, 4) is 0 Å². The van der Waals surface area contributed by atoms with Crippen molar-refractivity contribution in [2.75, 3.05) is 12.4 Å². The molecule has 0 saturated heterocycles. The Labute approximate surface area is 171 Å². The number of amides is 2. The first-order chi connectivity index (χ1) is 14.2. The molecule has 0 fully saturated rings. The van der Waals surface area contributed by atoms with Gasteiger partial charge in [-0.1, -0.05) is 12.1 Å². The largest absolute Gasteiger partial charge is 0.463 e.